The Morgan fingerprint density at radius 1 is 1.31 bits per heavy atom. The number of hydrogen-bond donors (Lipinski definition) is 1. The Kier molecular flexibility index (Phi) is 6.00. The first-order valence-corrected chi connectivity index (χ1v) is 9.77. The maximum atomic E-state index is 13.9. The Morgan fingerprint density at radius 2 is 2.24 bits per heavy atom. The highest BCUT2D eigenvalue weighted by molar-refractivity contribution is 5.72. The van der Waals surface area contributed by atoms with Crippen LogP contribution in [-0.2, 0) is 0 Å². The fourth-order valence-electron chi connectivity index (χ4n) is 3.57. The smallest absolute Gasteiger partial charge is 0.262 e. The zero-order valence-corrected chi connectivity index (χ0v) is 16.2. The van der Waals surface area contributed by atoms with Crippen molar-refractivity contribution < 1.29 is 13.9 Å². The van der Waals surface area contributed by atoms with E-state index in [2.05, 4.69) is 25.2 Å². The second-order valence-electron chi connectivity index (χ2n) is 6.90. The zero-order chi connectivity index (χ0) is 20.1. The van der Waals surface area contributed by atoms with Crippen molar-refractivity contribution in [3.63, 3.8) is 0 Å². The number of alkyl halides is 1. The summed E-state index contributed by atoms with van der Waals surface area (Å²) in [6, 6.07) is 5.51. The predicted molar refractivity (Wildman–Crippen MR) is 108 cm³/mol. The van der Waals surface area contributed by atoms with Crippen LogP contribution in [0.15, 0.2) is 54.1 Å². The van der Waals surface area contributed by atoms with E-state index in [0.717, 1.165) is 5.56 Å². The molecule has 0 aromatic carbocycles. The van der Waals surface area contributed by atoms with Crippen LogP contribution in [0.4, 0.5) is 4.39 Å². The number of pyridine rings is 2. The van der Waals surface area contributed by atoms with Crippen LogP contribution in [0.1, 0.15) is 25.1 Å². The molecule has 0 radical (unpaired) electrons. The van der Waals surface area contributed by atoms with Crippen LogP contribution in [0, 0.1) is 0 Å². The number of nitrogens with one attached hydrogen (secondary N) is 1. The molecule has 2 aliphatic heterocycles. The van der Waals surface area contributed by atoms with Crippen molar-refractivity contribution in [2.45, 2.75) is 31.7 Å². The standard InChI is InChI=1S/C21H24FN5O2/c1-2-28-19-5-3-6-26-21(19)29-18-9-15(11-23-14-18)20-25-7-4-8-27(20)17-10-16(22)12-24-13-17/h3-9,11,14,16-17,20,24H,2,10,12-13H2,1H3/t16-,17-,20?/m0/s1. The van der Waals surface area contributed by atoms with E-state index in [4.69, 9.17) is 9.47 Å². The molecule has 0 aliphatic carbocycles. The van der Waals surface area contributed by atoms with E-state index in [1.807, 2.05) is 31.3 Å². The number of allylic oxidation sites excluding steroid dienone is 1. The van der Waals surface area contributed by atoms with Crippen molar-refractivity contribution in [2.75, 3.05) is 19.7 Å². The van der Waals surface area contributed by atoms with Crippen LogP contribution in [0.2, 0.25) is 0 Å². The van der Waals surface area contributed by atoms with Gasteiger partial charge in [-0.15, -0.1) is 0 Å². The Labute approximate surface area is 169 Å². The van der Waals surface area contributed by atoms with Gasteiger partial charge in [-0.25, -0.2) is 9.37 Å². The minimum Gasteiger partial charge on any atom is -0.488 e. The summed E-state index contributed by atoms with van der Waals surface area (Å²) >= 11 is 0. The van der Waals surface area contributed by atoms with Gasteiger partial charge in [0.1, 0.15) is 18.1 Å². The lowest BCUT2D eigenvalue weighted by atomic mass is 10.0. The number of aliphatic imine (C=N–C) groups is 1. The fraction of sp³-hybridized carbons (Fsp3) is 0.381. The van der Waals surface area contributed by atoms with Gasteiger partial charge in [-0.1, -0.05) is 0 Å². The molecule has 2 aromatic rings. The molecular weight excluding hydrogens is 373 g/mol. The Morgan fingerprint density at radius 3 is 3.10 bits per heavy atom. The van der Waals surface area contributed by atoms with Gasteiger partial charge in [0.15, 0.2) is 5.75 Å². The van der Waals surface area contributed by atoms with Crippen LogP contribution in [-0.4, -0.2) is 53.0 Å². The molecule has 1 N–H and O–H groups in total. The number of rotatable bonds is 6. The maximum Gasteiger partial charge on any atom is 0.262 e. The summed E-state index contributed by atoms with van der Waals surface area (Å²) in [5.74, 6) is 1.49. The Balaban J connectivity index is 1.56. The number of piperidine rings is 1. The molecule has 1 fully saturated rings. The molecule has 2 aliphatic rings. The summed E-state index contributed by atoms with van der Waals surface area (Å²) in [4.78, 5) is 15.3. The molecule has 0 amide bonds. The van der Waals surface area contributed by atoms with Crippen molar-refractivity contribution in [2.24, 2.45) is 4.99 Å². The van der Waals surface area contributed by atoms with Crippen LogP contribution in [0.25, 0.3) is 0 Å². The highest BCUT2D eigenvalue weighted by Gasteiger charge is 2.30. The molecule has 152 valence electrons. The van der Waals surface area contributed by atoms with Gasteiger partial charge in [-0.3, -0.25) is 9.98 Å². The van der Waals surface area contributed by atoms with Crippen molar-refractivity contribution in [3.05, 3.63) is 54.6 Å². The van der Waals surface area contributed by atoms with E-state index >= 15 is 0 Å². The monoisotopic (exact) mass is 397 g/mol. The van der Waals surface area contributed by atoms with E-state index in [1.54, 1.807) is 30.9 Å². The molecule has 7 nitrogen and oxygen atoms in total. The van der Waals surface area contributed by atoms with E-state index < -0.39 is 6.17 Å². The summed E-state index contributed by atoms with van der Waals surface area (Å²) in [5, 5.41) is 3.15. The lowest BCUT2D eigenvalue weighted by Gasteiger charge is -2.39. The van der Waals surface area contributed by atoms with E-state index in [1.165, 1.54) is 0 Å². The van der Waals surface area contributed by atoms with Crippen molar-refractivity contribution in [1.82, 2.24) is 20.2 Å². The normalized spacial score (nSPS) is 23.8. The van der Waals surface area contributed by atoms with Gasteiger partial charge in [-0.05, 0) is 31.2 Å². The van der Waals surface area contributed by atoms with Gasteiger partial charge < -0.3 is 19.7 Å². The number of ether oxygens (including phenoxy) is 2. The third kappa shape index (κ3) is 4.54. The number of hydrogen-bond acceptors (Lipinski definition) is 7. The minimum atomic E-state index is -0.859. The summed E-state index contributed by atoms with van der Waals surface area (Å²) in [7, 11) is 0. The number of halogens is 1. The summed E-state index contributed by atoms with van der Waals surface area (Å²) in [6.07, 6.45) is 9.94. The molecule has 8 heteroatoms. The van der Waals surface area contributed by atoms with E-state index in [-0.39, 0.29) is 12.2 Å². The quantitative estimate of drug-likeness (QED) is 0.807. The molecule has 0 bridgehead atoms. The van der Waals surface area contributed by atoms with Crippen molar-refractivity contribution >= 4 is 6.21 Å². The van der Waals surface area contributed by atoms with Crippen molar-refractivity contribution in [3.8, 4) is 17.4 Å². The summed E-state index contributed by atoms with van der Waals surface area (Å²) in [6.45, 7) is 3.54. The van der Waals surface area contributed by atoms with Crippen molar-refractivity contribution in [1.29, 1.82) is 0 Å². The van der Waals surface area contributed by atoms with Crippen LogP contribution in [0.5, 0.6) is 17.4 Å². The first kappa shape index (κ1) is 19.3. The van der Waals surface area contributed by atoms with Gasteiger partial charge in [-0.2, -0.15) is 0 Å². The molecule has 4 heterocycles. The summed E-state index contributed by atoms with van der Waals surface area (Å²) in [5.41, 5.74) is 0.859. The van der Waals surface area contributed by atoms with Gasteiger partial charge >= 0.3 is 0 Å². The molecule has 4 rings (SSSR count). The SMILES string of the molecule is CCOc1cccnc1Oc1cncc(C2N=CC=CN2[C@@H]2CNC[C@@H](F)C2)c1. The molecular formula is C21H24FN5O2. The predicted octanol–water partition coefficient (Wildman–Crippen LogP) is 3.27. The third-order valence-corrected chi connectivity index (χ3v) is 4.83. The molecule has 0 saturated carbocycles. The van der Waals surface area contributed by atoms with Gasteiger partial charge in [0.2, 0.25) is 0 Å². The van der Waals surface area contributed by atoms with Crippen LogP contribution < -0.4 is 14.8 Å². The van der Waals surface area contributed by atoms with Gasteiger partial charge in [0.05, 0.1) is 12.8 Å². The molecule has 3 atom stereocenters. The number of aromatic nitrogens is 2. The topological polar surface area (TPSA) is 71.9 Å². The van der Waals surface area contributed by atoms with E-state index in [0.29, 0.717) is 43.5 Å². The molecule has 1 unspecified atom stereocenters. The lowest BCUT2D eigenvalue weighted by molar-refractivity contribution is 0.129. The van der Waals surface area contributed by atoms with E-state index in [9.17, 15) is 4.39 Å². The first-order valence-electron chi connectivity index (χ1n) is 9.77. The van der Waals surface area contributed by atoms with Crippen LogP contribution in [0.3, 0.4) is 0 Å². The maximum absolute atomic E-state index is 13.9. The highest BCUT2D eigenvalue weighted by atomic mass is 19.1. The second kappa shape index (κ2) is 9.00. The first-order chi connectivity index (χ1) is 14.2. The Bertz CT molecular complexity index is 891. The minimum absolute atomic E-state index is 0.0161. The van der Waals surface area contributed by atoms with Gasteiger partial charge in [0, 0.05) is 55.9 Å². The number of nitrogens with zero attached hydrogens (tertiary/aromatic N) is 4. The average Bonchev–Trinajstić information content (AvgIpc) is 2.76. The third-order valence-electron chi connectivity index (χ3n) is 4.83. The van der Waals surface area contributed by atoms with Crippen LogP contribution >= 0.6 is 0 Å². The zero-order valence-electron chi connectivity index (χ0n) is 16.2. The second-order valence-corrected chi connectivity index (χ2v) is 6.90. The average molecular weight is 397 g/mol. The Hall–Kier alpha value is -3.00. The fourth-order valence-corrected chi connectivity index (χ4v) is 3.57. The lowest BCUT2D eigenvalue weighted by Crippen LogP contribution is -2.49. The summed E-state index contributed by atoms with van der Waals surface area (Å²) < 4.78 is 25.4. The molecule has 1 saturated heterocycles. The molecule has 0 spiro atoms. The van der Waals surface area contributed by atoms with Gasteiger partial charge in [0.25, 0.3) is 5.88 Å². The largest absolute Gasteiger partial charge is 0.488 e. The molecule has 2 aromatic heterocycles. The highest BCUT2D eigenvalue weighted by Crippen LogP contribution is 2.33. The molecule has 29 heavy (non-hydrogen) atoms.